The van der Waals surface area contributed by atoms with Crippen LogP contribution in [0.1, 0.15) is 23.6 Å². The fourth-order valence-corrected chi connectivity index (χ4v) is 2.93. The molecule has 2 aromatic carbocycles. The summed E-state index contributed by atoms with van der Waals surface area (Å²) in [6.45, 7) is 1.17. The van der Waals surface area contributed by atoms with Gasteiger partial charge < -0.3 is 15.4 Å². The fourth-order valence-electron chi connectivity index (χ4n) is 2.69. The third-order valence-corrected chi connectivity index (χ3v) is 4.58. The van der Waals surface area contributed by atoms with Crippen LogP contribution in [0.5, 0.6) is 5.75 Å². The molecule has 1 aliphatic heterocycles. The number of aliphatic imine (C=N–C) groups is 1. The van der Waals surface area contributed by atoms with Crippen molar-refractivity contribution in [3.05, 3.63) is 63.9 Å². The van der Waals surface area contributed by atoms with E-state index in [1.165, 1.54) is 6.07 Å². The molecule has 0 spiro atoms. The maximum Gasteiger partial charge on any atom is 0.191 e. The van der Waals surface area contributed by atoms with E-state index in [4.69, 9.17) is 4.74 Å². The van der Waals surface area contributed by atoms with Crippen LogP contribution in [0.2, 0.25) is 0 Å². The Balaban J connectivity index is 1.64. The van der Waals surface area contributed by atoms with E-state index in [-0.39, 0.29) is 11.9 Å². The average molecular weight is 392 g/mol. The van der Waals surface area contributed by atoms with Gasteiger partial charge in [-0.3, -0.25) is 4.99 Å². The van der Waals surface area contributed by atoms with Gasteiger partial charge in [-0.15, -0.1) is 0 Å². The second-order valence-corrected chi connectivity index (χ2v) is 6.40. The highest BCUT2D eigenvalue weighted by atomic mass is 79.9. The minimum Gasteiger partial charge on any atom is -0.493 e. The van der Waals surface area contributed by atoms with Gasteiger partial charge in [-0.2, -0.15) is 0 Å². The van der Waals surface area contributed by atoms with E-state index in [9.17, 15) is 4.39 Å². The van der Waals surface area contributed by atoms with Gasteiger partial charge >= 0.3 is 0 Å². The van der Waals surface area contributed by atoms with Crippen LogP contribution in [-0.2, 0) is 6.54 Å². The number of nitrogens with one attached hydrogen (secondary N) is 2. The largest absolute Gasteiger partial charge is 0.493 e. The van der Waals surface area contributed by atoms with Crippen molar-refractivity contribution in [1.29, 1.82) is 0 Å². The Hall–Kier alpha value is -2.08. The molecule has 0 bridgehead atoms. The highest BCUT2D eigenvalue weighted by Crippen LogP contribution is 2.31. The second-order valence-electron chi connectivity index (χ2n) is 5.55. The number of hydrogen-bond acceptors (Lipinski definition) is 2. The highest BCUT2D eigenvalue weighted by Gasteiger charge is 2.21. The molecule has 3 rings (SSSR count). The molecule has 0 amide bonds. The number of benzene rings is 2. The first kappa shape index (κ1) is 16.8. The molecule has 0 radical (unpaired) electrons. The van der Waals surface area contributed by atoms with Gasteiger partial charge in [0.2, 0.25) is 0 Å². The highest BCUT2D eigenvalue weighted by molar-refractivity contribution is 9.10. The van der Waals surface area contributed by atoms with Gasteiger partial charge in [0.1, 0.15) is 11.6 Å². The molecule has 1 heterocycles. The van der Waals surface area contributed by atoms with Gasteiger partial charge in [-0.25, -0.2) is 4.39 Å². The zero-order valence-corrected chi connectivity index (χ0v) is 14.9. The first-order chi connectivity index (χ1) is 11.7. The lowest BCUT2D eigenvalue weighted by molar-refractivity contribution is 0.261. The van der Waals surface area contributed by atoms with E-state index in [2.05, 4.69) is 37.6 Å². The van der Waals surface area contributed by atoms with Crippen molar-refractivity contribution in [3.63, 3.8) is 0 Å². The van der Waals surface area contributed by atoms with Gasteiger partial charge in [-0.05, 0) is 39.7 Å². The molecule has 24 heavy (non-hydrogen) atoms. The first-order valence-corrected chi connectivity index (χ1v) is 8.59. The molecule has 0 aromatic heterocycles. The topological polar surface area (TPSA) is 45.7 Å². The Morgan fingerprint density at radius 1 is 1.33 bits per heavy atom. The number of para-hydroxylation sites is 1. The minimum atomic E-state index is -0.268. The van der Waals surface area contributed by atoms with Crippen LogP contribution in [0, 0.1) is 5.82 Å². The third kappa shape index (κ3) is 3.87. The maximum absolute atomic E-state index is 13.6. The smallest absolute Gasteiger partial charge is 0.191 e. The SMILES string of the molecule is CN=C(NCc1ccc(Br)c(F)c1)NC1CCOc2ccccc21. The van der Waals surface area contributed by atoms with Crippen LogP contribution in [0.25, 0.3) is 0 Å². The van der Waals surface area contributed by atoms with Crippen molar-refractivity contribution < 1.29 is 9.13 Å². The summed E-state index contributed by atoms with van der Waals surface area (Å²) >= 11 is 3.16. The normalized spacial score (nSPS) is 17.0. The van der Waals surface area contributed by atoms with Gasteiger partial charge in [0.05, 0.1) is 17.1 Å². The zero-order chi connectivity index (χ0) is 16.9. The number of hydrogen-bond donors (Lipinski definition) is 2. The molecule has 2 N–H and O–H groups in total. The number of ether oxygens (including phenoxy) is 1. The molecule has 2 aromatic rings. The summed E-state index contributed by atoms with van der Waals surface area (Å²) in [5, 5.41) is 6.64. The molecule has 6 heteroatoms. The summed E-state index contributed by atoms with van der Waals surface area (Å²) in [7, 11) is 1.72. The molecule has 1 atom stereocenters. The maximum atomic E-state index is 13.6. The summed E-state index contributed by atoms with van der Waals surface area (Å²) in [6, 6.07) is 13.2. The molecule has 1 aliphatic rings. The lowest BCUT2D eigenvalue weighted by Gasteiger charge is -2.28. The molecule has 0 aliphatic carbocycles. The molecule has 1 unspecified atom stereocenters. The molecule has 0 saturated heterocycles. The fraction of sp³-hybridized carbons (Fsp3) is 0.278. The van der Waals surface area contributed by atoms with Crippen molar-refractivity contribution in [2.24, 2.45) is 4.99 Å². The van der Waals surface area contributed by atoms with Crippen LogP contribution in [0.15, 0.2) is 51.9 Å². The van der Waals surface area contributed by atoms with Gasteiger partial charge in [-0.1, -0.05) is 24.3 Å². The van der Waals surface area contributed by atoms with Crippen molar-refractivity contribution in [2.75, 3.05) is 13.7 Å². The first-order valence-electron chi connectivity index (χ1n) is 7.80. The Morgan fingerprint density at radius 3 is 2.96 bits per heavy atom. The molecular formula is C18H19BrFN3O. The standard InChI is InChI=1S/C18H19BrFN3O/c1-21-18(22-11-12-6-7-14(19)15(20)10-12)23-16-8-9-24-17-5-3-2-4-13(16)17/h2-7,10,16H,8-9,11H2,1H3,(H2,21,22,23). The number of halogens is 2. The van der Waals surface area contributed by atoms with Crippen LogP contribution >= 0.6 is 15.9 Å². The third-order valence-electron chi connectivity index (χ3n) is 3.94. The van der Waals surface area contributed by atoms with Gasteiger partial charge in [0.25, 0.3) is 0 Å². The van der Waals surface area contributed by atoms with E-state index >= 15 is 0 Å². The van der Waals surface area contributed by atoms with Crippen molar-refractivity contribution in [3.8, 4) is 5.75 Å². The lowest BCUT2D eigenvalue weighted by atomic mass is 10.0. The Labute approximate surface area is 149 Å². The number of nitrogens with zero attached hydrogens (tertiary/aromatic N) is 1. The average Bonchev–Trinajstić information content (AvgIpc) is 2.61. The summed E-state index contributed by atoms with van der Waals surface area (Å²) in [5.74, 6) is 1.32. The molecule has 0 saturated carbocycles. The predicted molar refractivity (Wildman–Crippen MR) is 96.7 cm³/mol. The Bertz CT molecular complexity index is 751. The quantitative estimate of drug-likeness (QED) is 0.618. The minimum absolute atomic E-state index is 0.141. The lowest BCUT2D eigenvalue weighted by Crippen LogP contribution is -2.40. The van der Waals surface area contributed by atoms with Crippen molar-refractivity contribution >= 4 is 21.9 Å². The summed E-state index contributed by atoms with van der Waals surface area (Å²) < 4.78 is 19.7. The number of guanidine groups is 1. The van der Waals surface area contributed by atoms with E-state index < -0.39 is 0 Å². The van der Waals surface area contributed by atoms with Gasteiger partial charge in [0.15, 0.2) is 5.96 Å². The van der Waals surface area contributed by atoms with Crippen molar-refractivity contribution in [2.45, 2.75) is 19.0 Å². The van der Waals surface area contributed by atoms with Crippen LogP contribution < -0.4 is 15.4 Å². The molecule has 0 fully saturated rings. The van der Waals surface area contributed by atoms with E-state index in [0.29, 0.717) is 23.6 Å². The zero-order valence-electron chi connectivity index (χ0n) is 13.4. The molecule has 126 valence electrons. The van der Waals surface area contributed by atoms with E-state index in [1.807, 2.05) is 24.3 Å². The predicted octanol–water partition coefficient (Wildman–Crippen LogP) is 3.78. The van der Waals surface area contributed by atoms with E-state index in [1.54, 1.807) is 13.1 Å². The Kier molecular flexibility index (Phi) is 5.35. The molecular weight excluding hydrogens is 373 g/mol. The second kappa shape index (κ2) is 7.66. The van der Waals surface area contributed by atoms with E-state index in [0.717, 1.165) is 23.3 Å². The van der Waals surface area contributed by atoms with Crippen LogP contribution in [0.3, 0.4) is 0 Å². The number of fused-ring (bicyclic) bond motifs is 1. The van der Waals surface area contributed by atoms with Gasteiger partial charge in [0, 0.05) is 25.6 Å². The monoisotopic (exact) mass is 391 g/mol. The summed E-state index contributed by atoms with van der Waals surface area (Å²) in [4.78, 5) is 4.26. The summed E-state index contributed by atoms with van der Waals surface area (Å²) in [5.41, 5.74) is 1.98. The van der Waals surface area contributed by atoms with Crippen LogP contribution in [-0.4, -0.2) is 19.6 Å². The Morgan fingerprint density at radius 2 is 2.17 bits per heavy atom. The molecule has 4 nitrogen and oxygen atoms in total. The van der Waals surface area contributed by atoms with Crippen LogP contribution in [0.4, 0.5) is 4.39 Å². The van der Waals surface area contributed by atoms with Crippen molar-refractivity contribution in [1.82, 2.24) is 10.6 Å². The number of rotatable bonds is 3. The summed E-state index contributed by atoms with van der Waals surface area (Å²) in [6.07, 6.45) is 0.866.